The SMILES string of the molecule is Cc1c(-n2c3c(c4cc(C(C)(C)C)ccc42)CC(C(C)(C)C)C=C3)cccc1C(C)(C)c1ccc(-c2cc(C(C)(C)C)ccc2N)cc1. The third-order valence-electron chi connectivity index (χ3n) is 11.1. The van der Waals surface area contributed by atoms with Crippen LogP contribution >= 0.6 is 0 Å². The summed E-state index contributed by atoms with van der Waals surface area (Å²) in [7, 11) is 0. The van der Waals surface area contributed by atoms with Crippen molar-refractivity contribution >= 4 is 22.7 Å². The summed E-state index contributed by atoms with van der Waals surface area (Å²) in [6, 6.07) is 29.6. The Kier molecular flexibility index (Phi) is 8.14. The van der Waals surface area contributed by atoms with E-state index < -0.39 is 0 Å². The highest BCUT2D eigenvalue weighted by molar-refractivity contribution is 5.92. The Morgan fingerprint density at radius 3 is 1.92 bits per heavy atom. The van der Waals surface area contributed by atoms with E-state index in [9.17, 15) is 0 Å². The number of benzene rings is 4. The second-order valence-corrected chi connectivity index (χ2v) is 17.9. The largest absolute Gasteiger partial charge is 0.398 e. The molecule has 0 saturated heterocycles. The first-order valence-electron chi connectivity index (χ1n) is 17.8. The normalized spacial score (nSPS) is 15.6. The van der Waals surface area contributed by atoms with E-state index in [0.29, 0.717) is 5.92 Å². The zero-order valence-electron chi connectivity index (χ0n) is 31.5. The minimum absolute atomic E-state index is 0.0657. The molecule has 0 spiro atoms. The second kappa shape index (κ2) is 11.5. The summed E-state index contributed by atoms with van der Waals surface area (Å²) < 4.78 is 2.54. The van der Waals surface area contributed by atoms with E-state index in [1.54, 1.807) is 0 Å². The Hall–Kier alpha value is -4.04. The lowest BCUT2D eigenvalue weighted by Crippen LogP contribution is -2.23. The summed E-state index contributed by atoms with van der Waals surface area (Å²) in [6.45, 7) is 27.8. The van der Waals surface area contributed by atoms with E-state index in [4.69, 9.17) is 5.73 Å². The van der Waals surface area contributed by atoms with Gasteiger partial charge >= 0.3 is 0 Å². The van der Waals surface area contributed by atoms with E-state index in [-0.39, 0.29) is 21.7 Å². The van der Waals surface area contributed by atoms with Crippen LogP contribution in [-0.4, -0.2) is 4.57 Å². The lowest BCUT2D eigenvalue weighted by Gasteiger charge is -2.31. The number of fused-ring (bicyclic) bond motifs is 3. The molecule has 5 aromatic rings. The molecule has 1 atom stereocenters. The number of nitrogens with zero attached hydrogens (tertiary/aromatic N) is 1. The summed E-state index contributed by atoms with van der Waals surface area (Å²) >= 11 is 0. The third-order valence-corrected chi connectivity index (χ3v) is 11.1. The molecule has 1 aliphatic rings. The molecule has 2 N–H and O–H groups in total. The molecule has 6 rings (SSSR count). The lowest BCUT2D eigenvalue weighted by molar-refractivity contribution is 0.291. The summed E-state index contributed by atoms with van der Waals surface area (Å²) in [5.74, 6) is 0.503. The highest BCUT2D eigenvalue weighted by Crippen LogP contribution is 2.44. The average molecular weight is 637 g/mol. The Morgan fingerprint density at radius 2 is 1.29 bits per heavy atom. The maximum absolute atomic E-state index is 6.50. The Labute approximate surface area is 290 Å². The van der Waals surface area contributed by atoms with Crippen LogP contribution in [0.15, 0.2) is 84.9 Å². The molecular weight excluding hydrogens is 581 g/mol. The number of hydrogen-bond acceptors (Lipinski definition) is 1. The van der Waals surface area contributed by atoms with Crippen LogP contribution in [0, 0.1) is 18.3 Å². The Balaban J connectivity index is 1.45. The number of nitrogen functional groups attached to an aromatic ring is 1. The first kappa shape index (κ1) is 33.8. The number of anilines is 1. The number of rotatable bonds is 4. The predicted molar refractivity (Wildman–Crippen MR) is 210 cm³/mol. The van der Waals surface area contributed by atoms with Gasteiger partial charge in [0.05, 0.1) is 5.52 Å². The lowest BCUT2D eigenvalue weighted by atomic mass is 9.74. The molecule has 0 bridgehead atoms. The molecule has 1 aliphatic carbocycles. The van der Waals surface area contributed by atoms with Gasteiger partial charge < -0.3 is 10.3 Å². The third kappa shape index (κ3) is 5.93. The van der Waals surface area contributed by atoms with Crippen molar-refractivity contribution in [2.75, 3.05) is 5.73 Å². The Bertz CT molecular complexity index is 2030. The number of nitrogens with two attached hydrogens (primary N) is 1. The fraction of sp³-hybridized carbons (Fsp3) is 0.391. The van der Waals surface area contributed by atoms with Crippen molar-refractivity contribution < 1.29 is 0 Å². The van der Waals surface area contributed by atoms with Crippen LogP contribution in [0.5, 0.6) is 0 Å². The van der Waals surface area contributed by atoms with Gasteiger partial charge in [0.15, 0.2) is 0 Å². The van der Waals surface area contributed by atoms with Gasteiger partial charge in [-0.3, -0.25) is 0 Å². The molecule has 2 heteroatoms. The maximum atomic E-state index is 6.50. The molecule has 0 radical (unpaired) electrons. The van der Waals surface area contributed by atoms with Crippen molar-refractivity contribution in [3.05, 3.63) is 124 Å². The molecular formula is C46H56N2. The molecule has 0 aliphatic heterocycles. The predicted octanol–water partition coefficient (Wildman–Crippen LogP) is 12.3. The van der Waals surface area contributed by atoms with Crippen LogP contribution in [0.2, 0.25) is 0 Å². The molecule has 4 aromatic carbocycles. The molecule has 2 nitrogen and oxygen atoms in total. The van der Waals surface area contributed by atoms with Crippen LogP contribution in [0.1, 0.15) is 115 Å². The summed E-state index contributed by atoms with van der Waals surface area (Å²) in [5, 5.41) is 1.39. The zero-order valence-corrected chi connectivity index (χ0v) is 31.5. The number of allylic oxidation sites excluding steroid dienone is 1. The van der Waals surface area contributed by atoms with Gasteiger partial charge in [-0.1, -0.05) is 131 Å². The Morgan fingerprint density at radius 1 is 0.688 bits per heavy atom. The van der Waals surface area contributed by atoms with E-state index in [1.807, 2.05) is 0 Å². The quantitative estimate of drug-likeness (QED) is 0.196. The second-order valence-electron chi connectivity index (χ2n) is 17.9. The van der Waals surface area contributed by atoms with Crippen molar-refractivity contribution in [1.82, 2.24) is 4.57 Å². The summed E-state index contributed by atoms with van der Waals surface area (Å²) in [6.07, 6.45) is 5.92. The number of aromatic nitrogens is 1. The van der Waals surface area contributed by atoms with Crippen LogP contribution in [0.3, 0.4) is 0 Å². The van der Waals surface area contributed by atoms with Gasteiger partial charge in [-0.25, -0.2) is 0 Å². The van der Waals surface area contributed by atoms with Crippen molar-refractivity contribution in [3.8, 4) is 16.8 Å². The van der Waals surface area contributed by atoms with E-state index >= 15 is 0 Å². The van der Waals surface area contributed by atoms with Gasteiger partial charge in [-0.2, -0.15) is 0 Å². The summed E-state index contributed by atoms with van der Waals surface area (Å²) in [4.78, 5) is 0. The minimum Gasteiger partial charge on any atom is -0.398 e. The van der Waals surface area contributed by atoms with Crippen LogP contribution in [-0.2, 0) is 22.7 Å². The fourth-order valence-corrected chi connectivity index (χ4v) is 7.62. The fourth-order valence-electron chi connectivity index (χ4n) is 7.62. The van der Waals surface area contributed by atoms with Crippen molar-refractivity contribution in [1.29, 1.82) is 0 Å². The maximum Gasteiger partial charge on any atom is 0.0537 e. The topological polar surface area (TPSA) is 30.9 Å². The van der Waals surface area contributed by atoms with Crippen LogP contribution in [0.4, 0.5) is 5.69 Å². The smallest absolute Gasteiger partial charge is 0.0537 e. The van der Waals surface area contributed by atoms with E-state index in [2.05, 4.69) is 179 Å². The van der Waals surface area contributed by atoms with Gasteiger partial charge in [0, 0.05) is 33.4 Å². The van der Waals surface area contributed by atoms with Gasteiger partial charge in [0.2, 0.25) is 0 Å². The van der Waals surface area contributed by atoms with E-state index in [0.717, 1.165) is 23.2 Å². The standard InChI is InChI=1S/C46H56N2/c1-29-38(46(11,12)31-18-16-30(17-19-31)35-26-32(43(2,3)4)20-23-39(35)47)14-13-15-40(29)48-41-24-21-33(44(5,6)7)27-36(41)37-28-34(45(8,9)10)22-25-42(37)48/h13-27,34H,28,47H2,1-12H3. The molecule has 0 fully saturated rings. The van der Waals surface area contributed by atoms with Gasteiger partial charge in [0.25, 0.3) is 0 Å². The summed E-state index contributed by atoms with van der Waals surface area (Å²) in [5.41, 5.74) is 21.7. The van der Waals surface area contributed by atoms with Gasteiger partial charge in [0.1, 0.15) is 0 Å². The molecule has 0 saturated carbocycles. The monoisotopic (exact) mass is 636 g/mol. The minimum atomic E-state index is -0.201. The first-order chi connectivity index (χ1) is 22.3. The molecule has 1 heterocycles. The molecule has 250 valence electrons. The van der Waals surface area contributed by atoms with Crippen LogP contribution in [0.25, 0.3) is 33.8 Å². The van der Waals surface area contributed by atoms with Crippen molar-refractivity contribution in [2.45, 2.75) is 106 Å². The number of hydrogen-bond donors (Lipinski definition) is 1. The zero-order chi connectivity index (χ0) is 35.0. The highest BCUT2D eigenvalue weighted by atomic mass is 15.0. The highest BCUT2D eigenvalue weighted by Gasteiger charge is 2.32. The molecule has 48 heavy (non-hydrogen) atoms. The first-order valence-corrected chi connectivity index (χ1v) is 17.8. The van der Waals surface area contributed by atoms with Gasteiger partial charge in [-0.05, 0) is 111 Å². The average Bonchev–Trinajstić information content (AvgIpc) is 3.33. The molecule has 1 unspecified atom stereocenters. The van der Waals surface area contributed by atoms with Crippen molar-refractivity contribution in [2.24, 2.45) is 11.3 Å². The molecule has 1 aromatic heterocycles. The van der Waals surface area contributed by atoms with Crippen molar-refractivity contribution in [3.63, 3.8) is 0 Å². The molecule has 0 amide bonds. The van der Waals surface area contributed by atoms with Gasteiger partial charge in [-0.15, -0.1) is 0 Å². The van der Waals surface area contributed by atoms with Crippen LogP contribution < -0.4 is 5.73 Å². The van der Waals surface area contributed by atoms with E-state index in [1.165, 1.54) is 55.7 Å².